The fourth-order valence-electron chi connectivity index (χ4n) is 4.97. The SMILES string of the molecule is CC[C@H](SC1=Nc2ccccc2C2=N[C@@H](CC(=O)NCc3ccc4c(c3)OCO4)C(=O)N12)C(=O)NCc1ccc(C)cc1. The number of hydrogen-bond donors (Lipinski definition) is 2. The first-order valence-corrected chi connectivity index (χ1v) is 15.0. The number of aryl methyl sites for hydroxylation is 1. The summed E-state index contributed by atoms with van der Waals surface area (Å²) in [6.07, 6.45) is 0.420. The molecule has 11 heteroatoms. The van der Waals surface area contributed by atoms with Gasteiger partial charge < -0.3 is 20.1 Å². The van der Waals surface area contributed by atoms with E-state index >= 15 is 0 Å². The lowest BCUT2D eigenvalue weighted by Crippen LogP contribution is -2.43. The van der Waals surface area contributed by atoms with E-state index in [1.54, 1.807) is 6.07 Å². The molecule has 0 aromatic heterocycles. The van der Waals surface area contributed by atoms with Crippen LogP contribution in [0.25, 0.3) is 0 Å². The summed E-state index contributed by atoms with van der Waals surface area (Å²) in [4.78, 5) is 50.7. The van der Waals surface area contributed by atoms with Crippen LogP contribution in [-0.4, -0.2) is 51.7 Å². The fraction of sp³-hybridized carbons (Fsp3) is 0.281. The van der Waals surface area contributed by atoms with Crippen molar-refractivity contribution >= 4 is 46.2 Å². The maximum absolute atomic E-state index is 13.7. The molecule has 0 fully saturated rings. The molecule has 0 unspecified atom stereocenters. The molecule has 0 saturated heterocycles. The highest BCUT2D eigenvalue weighted by Crippen LogP contribution is 2.36. The first-order valence-electron chi connectivity index (χ1n) is 14.1. The maximum atomic E-state index is 13.7. The quantitative estimate of drug-likeness (QED) is 0.381. The zero-order valence-corrected chi connectivity index (χ0v) is 24.6. The highest BCUT2D eigenvalue weighted by molar-refractivity contribution is 8.15. The number of hydrogen-bond acceptors (Lipinski definition) is 8. The van der Waals surface area contributed by atoms with Crippen LogP contribution in [0, 0.1) is 6.92 Å². The minimum Gasteiger partial charge on any atom is -0.454 e. The molecule has 3 aliphatic rings. The Labute approximate surface area is 253 Å². The summed E-state index contributed by atoms with van der Waals surface area (Å²) in [5.74, 6) is 0.966. The van der Waals surface area contributed by atoms with Gasteiger partial charge in [-0.15, -0.1) is 0 Å². The smallest absolute Gasteiger partial charge is 0.259 e. The van der Waals surface area contributed by atoms with E-state index in [-0.39, 0.29) is 37.5 Å². The fourth-order valence-corrected chi connectivity index (χ4v) is 6.02. The zero-order valence-electron chi connectivity index (χ0n) is 23.8. The third-order valence-electron chi connectivity index (χ3n) is 7.35. The van der Waals surface area contributed by atoms with Gasteiger partial charge >= 0.3 is 0 Å². The number of carbonyl (C=O) groups excluding carboxylic acids is 3. The Morgan fingerprint density at radius 1 is 1.00 bits per heavy atom. The molecule has 10 nitrogen and oxygen atoms in total. The third-order valence-corrected chi connectivity index (χ3v) is 8.67. The van der Waals surface area contributed by atoms with E-state index in [2.05, 4.69) is 15.6 Å². The van der Waals surface area contributed by atoms with Gasteiger partial charge in [-0.1, -0.05) is 66.7 Å². The third kappa shape index (κ3) is 6.12. The summed E-state index contributed by atoms with van der Waals surface area (Å²) in [7, 11) is 0. The van der Waals surface area contributed by atoms with Gasteiger partial charge in [-0.05, 0) is 48.7 Å². The molecule has 3 aliphatic heterocycles. The topological polar surface area (TPSA) is 122 Å². The average molecular weight is 598 g/mol. The van der Waals surface area contributed by atoms with Crippen LogP contribution in [0.1, 0.15) is 42.0 Å². The van der Waals surface area contributed by atoms with Crippen molar-refractivity contribution in [2.45, 2.75) is 51.1 Å². The number of ether oxygens (including phenoxy) is 2. The lowest BCUT2D eigenvalue weighted by Gasteiger charge is -2.27. The van der Waals surface area contributed by atoms with E-state index in [0.717, 1.165) is 16.7 Å². The molecular formula is C32H31N5O5S. The molecule has 3 amide bonds. The van der Waals surface area contributed by atoms with Crippen molar-refractivity contribution in [3.63, 3.8) is 0 Å². The van der Waals surface area contributed by atoms with Crippen LogP contribution in [0.3, 0.4) is 0 Å². The molecule has 0 bridgehead atoms. The first kappa shape index (κ1) is 28.5. The van der Waals surface area contributed by atoms with Crippen LogP contribution >= 0.6 is 11.8 Å². The molecule has 3 aromatic carbocycles. The molecule has 0 aliphatic carbocycles. The minimum atomic E-state index is -0.904. The van der Waals surface area contributed by atoms with Crippen LogP contribution < -0.4 is 20.1 Å². The normalized spacial score (nSPS) is 17.0. The van der Waals surface area contributed by atoms with Crippen molar-refractivity contribution in [1.29, 1.82) is 0 Å². The van der Waals surface area contributed by atoms with E-state index in [0.29, 0.717) is 46.7 Å². The monoisotopic (exact) mass is 597 g/mol. The van der Waals surface area contributed by atoms with Crippen molar-refractivity contribution in [1.82, 2.24) is 15.5 Å². The van der Waals surface area contributed by atoms with E-state index in [1.807, 2.05) is 74.5 Å². The standard InChI is InChI=1S/C32H31N5O5S/c1-3-27(30(39)34-16-20-10-8-19(2)9-11-20)43-32-36-23-7-5-4-6-22(23)29-35-24(31(40)37(29)32)15-28(38)33-17-21-12-13-25-26(14-21)42-18-41-25/h4-14,24,27H,3,15-18H2,1-2H3,(H,33,38)(H,34,39)/t24-,27-/m0/s1. The van der Waals surface area contributed by atoms with E-state index in [4.69, 9.17) is 14.5 Å². The number of para-hydroxylation sites is 1. The predicted molar refractivity (Wildman–Crippen MR) is 164 cm³/mol. The van der Waals surface area contributed by atoms with Gasteiger partial charge in [-0.2, -0.15) is 0 Å². The molecule has 2 N–H and O–H groups in total. The summed E-state index contributed by atoms with van der Waals surface area (Å²) in [5, 5.41) is 5.78. The van der Waals surface area contributed by atoms with Gasteiger partial charge in [-0.3, -0.25) is 19.4 Å². The van der Waals surface area contributed by atoms with Crippen LogP contribution in [0.15, 0.2) is 76.7 Å². The highest BCUT2D eigenvalue weighted by atomic mass is 32.2. The molecule has 220 valence electrons. The van der Waals surface area contributed by atoms with E-state index < -0.39 is 11.3 Å². The second-order valence-corrected chi connectivity index (χ2v) is 11.6. The number of rotatable bonds is 9. The Hall–Kier alpha value is -4.64. The summed E-state index contributed by atoms with van der Waals surface area (Å²) in [6.45, 7) is 4.80. The van der Waals surface area contributed by atoms with Gasteiger partial charge in [0.15, 0.2) is 16.7 Å². The van der Waals surface area contributed by atoms with E-state index in [9.17, 15) is 14.4 Å². The first-order chi connectivity index (χ1) is 20.9. The molecular weight excluding hydrogens is 566 g/mol. The Balaban J connectivity index is 1.14. The number of carbonyl (C=O) groups is 3. The molecule has 43 heavy (non-hydrogen) atoms. The van der Waals surface area contributed by atoms with Crippen molar-refractivity contribution in [2.75, 3.05) is 6.79 Å². The Morgan fingerprint density at radius 3 is 2.56 bits per heavy atom. The average Bonchev–Trinajstić information content (AvgIpc) is 3.62. The van der Waals surface area contributed by atoms with Gasteiger partial charge in [0.25, 0.3) is 5.91 Å². The van der Waals surface area contributed by atoms with Gasteiger partial charge in [0.1, 0.15) is 11.9 Å². The minimum absolute atomic E-state index is 0.113. The molecule has 3 aromatic rings. The molecule has 0 radical (unpaired) electrons. The van der Waals surface area contributed by atoms with Gasteiger partial charge in [0.05, 0.1) is 17.4 Å². The van der Waals surface area contributed by atoms with Crippen LogP contribution in [-0.2, 0) is 27.5 Å². The molecule has 6 rings (SSSR count). The highest BCUT2D eigenvalue weighted by Gasteiger charge is 2.43. The zero-order chi connectivity index (χ0) is 29.9. The summed E-state index contributed by atoms with van der Waals surface area (Å²) in [6, 6.07) is 20.0. The van der Waals surface area contributed by atoms with Crippen LogP contribution in [0.4, 0.5) is 5.69 Å². The lowest BCUT2D eigenvalue weighted by molar-refractivity contribution is -0.128. The maximum Gasteiger partial charge on any atom is 0.259 e. The van der Waals surface area contributed by atoms with Crippen molar-refractivity contribution in [2.24, 2.45) is 9.98 Å². The van der Waals surface area contributed by atoms with Crippen molar-refractivity contribution in [3.8, 4) is 11.5 Å². The second kappa shape index (κ2) is 12.3. The van der Waals surface area contributed by atoms with Gasteiger partial charge in [0.2, 0.25) is 18.6 Å². The van der Waals surface area contributed by atoms with Gasteiger partial charge in [-0.25, -0.2) is 9.89 Å². The Morgan fingerprint density at radius 2 is 1.74 bits per heavy atom. The molecule has 0 spiro atoms. The molecule has 3 heterocycles. The number of amides is 3. The number of nitrogens with one attached hydrogen (secondary N) is 2. The van der Waals surface area contributed by atoms with Crippen LogP contribution in [0.5, 0.6) is 11.5 Å². The number of fused-ring (bicyclic) bond motifs is 4. The van der Waals surface area contributed by atoms with E-state index in [1.165, 1.54) is 16.7 Å². The molecule has 2 atom stereocenters. The Bertz CT molecular complexity index is 1640. The largest absolute Gasteiger partial charge is 0.454 e. The van der Waals surface area contributed by atoms with Crippen molar-refractivity contribution < 1.29 is 23.9 Å². The number of thioether (sulfide) groups is 1. The summed E-state index contributed by atoms with van der Waals surface area (Å²) in [5.41, 5.74) is 4.38. The summed E-state index contributed by atoms with van der Waals surface area (Å²) >= 11 is 1.23. The number of aliphatic imine (C=N–C) groups is 2. The number of nitrogens with zero attached hydrogens (tertiary/aromatic N) is 3. The van der Waals surface area contributed by atoms with Crippen LogP contribution in [0.2, 0.25) is 0 Å². The second-order valence-electron chi connectivity index (χ2n) is 10.4. The number of benzene rings is 3. The lowest BCUT2D eigenvalue weighted by atomic mass is 10.1. The van der Waals surface area contributed by atoms with Crippen molar-refractivity contribution in [3.05, 3.63) is 89.0 Å². The number of amidine groups is 2. The Kier molecular flexibility index (Phi) is 8.15. The summed E-state index contributed by atoms with van der Waals surface area (Å²) < 4.78 is 10.7. The molecule has 0 saturated carbocycles. The van der Waals surface area contributed by atoms with Gasteiger partial charge in [0, 0.05) is 18.7 Å². The predicted octanol–water partition coefficient (Wildman–Crippen LogP) is 4.22.